The largest absolute Gasteiger partial charge is 0.496 e. The van der Waals surface area contributed by atoms with E-state index in [-0.39, 0.29) is 17.0 Å². The minimum absolute atomic E-state index is 0.0170. The molecule has 1 aromatic heterocycles. The molecular weight excluding hydrogens is 348 g/mol. The number of oxazole rings is 1. The van der Waals surface area contributed by atoms with Crippen LogP contribution in [0.3, 0.4) is 0 Å². The lowest BCUT2D eigenvalue weighted by molar-refractivity contribution is 0.384. The Hall–Kier alpha value is -2.78. The number of fused-ring (bicyclic) bond motifs is 1. The maximum absolute atomic E-state index is 12.5. The Balaban J connectivity index is 1.90. The number of benzene rings is 2. The van der Waals surface area contributed by atoms with Crippen molar-refractivity contribution in [1.29, 1.82) is 0 Å². The quantitative estimate of drug-likeness (QED) is 0.688. The van der Waals surface area contributed by atoms with Gasteiger partial charge in [0.1, 0.15) is 11.5 Å². The summed E-state index contributed by atoms with van der Waals surface area (Å²) < 4.78 is 43.0. The smallest absolute Gasteiger partial charge is 0.417 e. The van der Waals surface area contributed by atoms with E-state index in [4.69, 9.17) is 13.9 Å². The summed E-state index contributed by atoms with van der Waals surface area (Å²) in [6, 6.07) is 9.32. The van der Waals surface area contributed by atoms with Gasteiger partial charge >= 0.3 is 5.76 Å². The Morgan fingerprint density at radius 2 is 1.80 bits per heavy atom. The third kappa shape index (κ3) is 3.37. The summed E-state index contributed by atoms with van der Waals surface area (Å²) in [5, 5.41) is 0. The molecule has 3 aromatic rings. The number of hydrogen-bond donors (Lipinski definition) is 2. The summed E-state index contributed by atoms with van der Waals surface area (Å²) in [6.07, 6.45) is 0. The molecule has 1 heterocycles. The van der Waals surface area contributed by atoms with Crippen LogP contribution in [-0.2, 0) is 16.6 Å². The number of methoxy groups -OCH3 is 2. The lowest BCUT2D eigenvalue weighted by Gasteiger charge is -2.14. The molecule has 0 radical (unpaired) electrons. The molecule has 2 N–H and O–H groups in total. The summed E-state index contributed by atoms with van der Waals surface area (Å²) in [7, 11) is -0.838. The summed E-state index contributed by atoms with van der Waals surface area (Å²) in [5.41, 5.74) is 1.17. The van der Waals surface area contributed by atoms with Crippen LogP contribution < -0.4 is 20.0 Å². The van der Waals surface area contributed by atoms with E-state index in [0.717, 1.165) is 0 Å². The molecule has 0 unspecified atom stereocenters. The number of H-pyrrole nitrogens is 1. The van der Waals surface area contributed by atoms with Crippen LogP contribution in [0.25, 0.3) is 11.1 Å². The molecule has 9 heteroatoms. The molecule has 0 aliphatic rings. The molecule has 0 aliphatic carbocycles. The first-order valence-corrected chi connectivity index (χ1v) is 8.75. The van der Waals surface area contributed by atoms with Gasteiger partial charge in [-0.25, -0.2) is 17.9 Å². The van der Waals surface area contributed by atoms with E-state index >= 15 is 0 Å². The van der Waals surface area contributed by atoms with Gasteiger partial charge < -0.3 is 13.9 Å². The van der Waals surface area contributed by atoms with Crippen LogP contribution in [0.15, 0.2) is 50.5 Å². The fourth-order valence-corrected chi connectivity index (χ4v) is 3.46. The van der Waals surface area contributed by atoms with Crippen molar-refractivity contribution < 1.29 is 22.3 Å². The summed E-state index contributed by atoms with van der Waals surface area (Å²) >= 11 is 0. The molecule has 8 nitrogen and oxygen atoms in total. The first kappa shape index (κ1) is 17.1. The van der Waals surface area contributed by atoms with Crippen LogP contribution in [0.2, 0.25) is 0 Å². The summed E-state index contributed by atoms with van der Waals surface area (Å²) in [6.45, 7) is -0.0232. The number of sulfonamides is 1. The molecular formula is C16H16N2O6S. The highest BCUT2D eigenvalue weighted by atomic mass is 32.2. The predicted octanol–water partition coefficient (Wildman–Crippen LogP) is 1.62. The lowest BCUT2D eigenvalue weighted by atomic mass is 10.2. The van der Waals surface area contributed by atoms with Gasteiger partial charge in [0.25, 0.3) is 0 Å². The highest BCUT2D eigenvalue weighted by Crippen LogP contribution is 2.28. The Morgan fingerprint density at radius 1 is 1.12 bits per heavy atom. The number of aromatic amines is 1. The van der Waals surface area contributed by atoms with Gasteiger partial charge in [-0.05, 0) is 24.3 Å². The van der Waals surface area contributed by atoms with Crippen molar-refractivity contribution in [2.75, 3.05) is 14.2 Å². The van der Waals surface area contributed by atoms with Crippen molar-refractivity contribution >= 4 is 21.1 Å². The molecule has 0 saturated heterocycles. The molecule has 132 valence electrons. The van der Waals surface area contributed by atoms with Crippen LogP contribution in [0.1, 0.15) is 5.56 Å². The van der Waals surface area contributed by atoms with Crippen LogP contribution in [0, 0.1) is 0 Å². The van der Waals surface area contributed by atoms with Crippen LogP contribution in [0.5, 0.6) is 11.5 Å². The average Bonchev–Trinajstić information content (AvgIpc) is 2.98. The zero-order valence-corrected chi connectivity index (χ0v) is 14.3. The number of rotatable bonds is 6. The van der Waals surface area contributed by atoms with E-state index in [9.17, 15) is 13.2 Å². The fourth-order valence-electron chi connectivity index (χ4n) is 2.45. The lowest BCUT2D eigenvalue weighted by Crippen LogP contribution is -2.23. The van der Waals surface area contributed by atoms with Gasteiger partial charge in [-0.2, -0.15) is 0 Å². The van der Waals surface area contributed by atoms with E-state index in [1.54, 1.807) is 18.2 Å². The molecule has 2 aromatic carbocycles. The molecule has 0 atom stereocenters. The number of hydrogen-bond acceptors (Lipinski definition) is 6. The predicted molar refractivity (Wildman–Crippen MR) is 90.4 cm³/mol. The van der Waals surface area contributed by atoms with E-state index in [1.807, 2.05) is 0 Å². The van der Waals surface area contributed by atoms with E-state index in [1.165, 1.54) is 32.4 Å². The molecule has 0 aliphatic heterocycles. The van der Waals surface area contributed by atoms with Crippen molar-refractivity contribution in [3.63, 3.8) is 0 Å². The van der Waals surface area contributed by atoms with Crippen molar-refractivity contribution in [3.8, 4) is 11.5 Å². The van der Waals surface area contributed by atoms with Gasteiger partial charge in [0.05, 0.1) is 30.2 Å². The van der Waals surface area contributed by atoms with Crippen molar-refractivity contribution in [2.24, 2.45) is 0 Å². The van der Waals surface area contributed by atoms with Gasteiger partial charge in [0.2, 0.25) is 10.0 Å². The highest BCUT2D eigenvalue weighted by Gasteiger charge is 2.18. The standard InChI is InChI=1S/C16H16N2O6S/c1-22-13-4-3-5-14(23-2)11(13)9-17-25(20,21)10-6-7-12-15(8-10)24-16(19)18-12/h3-8,17H,9H2,1-2H3,(H,18,19). The molecule has 0 spiro atoms. The van der Waals surface area contributed by atoms with Gasteiger partial charge in [0, 0.05) is 12.6 Å². The minimum Gasteiger partial charge on any atom is -0.496 e. The van der Waals surface area contributed by atoms with E-state index in [0.29, 0.717) is 22.6 Å². The molecule has 0 saturated carbocycles. The maximum atomic E-state index is 12.5. The molecule has 25 heavy (non-hydrogen) atoms. The SMILES string of the molecule is COc1cccc(OC)c1CNS(=O)(=O)c1ccc2[nH]c(=O)oc2c1. The van der Waals surface area contributed by atoms with Crippen LogP contribution >= 0.6 is 0 Å². The Kier molecular flexibility index (Phi) is 4.51. The molecule has 0 bridgehead atoms. The second-order valence-electron chi connectivity index (χ2n) is 5.14. The Morgan fingerprint density at radius 3 is 2.44 bits per heavy atom. The fraction of sp³-hybridized carbons (Fsp3) is 0.188. The second kappa shape index (κ2) is 6.61. The monoisotopic (exact) mass is 364 g/mol. The Labute approximate surface area is 143 Å². The minimum atomic E-state index is -3.83. The average molecular weight is 364 g/mol. The first-order valence-electron chi connectivity index (χ1n) is 7.27. The normalized spacial score (nSPS) is 11.6. The number of ether oxygens (including phenoxy) is 2. The van der Waals surface area contributed by atoms with Gasteiger partial charge in [-0.15, -0.1) is 0 Å². The number of nitrogens with one attached hydrogen (secondary N) is 2. The van der Waals surface area contributed by atoms with Gasteiger partial charge in [-0.3, -0.25) is 4.98 Å². The van der Waals surface area contributed by atoms with Gasteiger partial charge in [0.15, 0.2) is 5.58 Å². The Bertz CT molecular complexity index is 1050. The zero-order valence-electron chi connectivity index (χ0n) is 13.5. The third-order valence-corrected chi connectivity index (χ3v) is 5.07. The molecule has 0 fully saturated rings. The third-order valence-electron chi connectivity index (χ3n) is 3.67. The molecule has 0 amide bonds. The van der Waals surface area contributed by atoms with Crippen LogP contribution in [-0.4, -0.2) is 27.6 Å². The summed E-state index contributed by atoms with van der Waals surface area (Å²) in [4.78, 5) is 13.6. The van der Waals surface area contributed by atoms with Crippen molar-refractivity contribution in [2.45, 2.75) is 11.4 Å². The van der Waals surface area contributed by atoms with Crippen molar-refractivity contribution in [1.82, 2.24) is 9.71 Å². The summed E-state index contributed by atoms with van der Waals surface area (Å²) in [5.74, 6) is 0.375. The first-order chi connectivity index (χ1) is 11.9. The zero-order chi connectivity index (χ0) is 18.0. The molecule has 3 rings (SSSR count). The second-order valence-corrected chi connectivity index (χ2v) is 6.91. The highest BCUT2D eigenvalue weighted by molar-refractivity contribution is 7.89. The number of aromatic nitrogens is 1. The van der Waals surface area contributed by atoms with E-state index < -0.39 is 15.8 Å². The van der Waals surface area contributed by atoms with Crippen molar-refractivity contribution in [3.05, 3.63) is 52.5 Å². The van der Waals surface area contributed by atoms with Gasteiger partial charge in [-0.1, -0.05) is 6.07 Å². The van der Waals surface area contributed by atoms with E-state index in [2.05, 4.69) is 9.71 Å². The topological polar surface area (TPSA) is 111 Å². The maximum Gasteiger partial charge on any atom is 0.417 e. The van der Waals surface area contributed by atoms with Crippen LogP contribution in [0.4, 0.5) is 0 Å².